The van der Waals surface area contributed by atoms with Crippen LogP contribution in [0.5, 0.6) is 0 Å². The van der Waals surface area contributed by atoms with Gasteiger partial charge in [0.1, 0.15) is 0 Å². The van der Waals surface area contributed by atoms with E-state index in [0.29, 0.717) is 10.0 Å². The molecule has 2 rings (SSSR count). The SMILES string of the molecule is O=C(O)CCNC(=O)[C@H]1C[C@@H]1c1ccc(Cl)cc1Cl. The predicted molar refractivity (Wildman–Crippen MR) is 72.6 cm³/mol. The van der Waals surface area contributed by atoms with Crippen LogP contribution in [-0.4, -0.2) is 23.5 Å². The number of hydrogen-bond donors (Lipinski definition) is 2. The van der Waals surface area contributed by atoms with Crippen molar-refractivity contribution in [2.75, 3.05) is 6.54 Å². The molecule has 1 aliphatic carbocycles. The Labute approximate surface area is 120 Å². The lowest BCUT2D eigenvalue weighted by Gasteiger charge is -2.05. The zero-order valence-electron chi connectivity index (χ0n) is 10.0. The molecule has 102 valence electrons. The maximum absolute atomic E-state index is 11.8. The second-order valence-corrected chi connectivity index (χ2v) is 5.39. The molecule has 1 amide bonds. The molecular weight excluding hydrogens is 289 g/mol. The normalized spacial score (nSPS) is 20.9. The molecule has 1 fully saturated rings. The predicted octanol–water partition coefficient (Wildman–Crippen LogP) is 2.69. The number of benzene rings is 1. The minimum Gasteiger partial charge on any atom is -0.481 e. The van der Waals surface area contributed by atoms with Crippen molar-refractivity contribution in [3.8, 4) is 0 Å². The van der Waals surface area contributed by atoms with Gasteiger partial charge < -0.3 is 10.4 Å². The van der Waals surface area contributed by atoms with Gasteiger partial charge in [0.25, 0.3) is 0 Å². The van der Waals surface area contributed by atoms with E-state index in [4.69, 9.17) is 28.3 Å². The van der Waals surface area contributed by atoms with Crippen molar-refractivity contribution in [3.63, 3.8) is 0 Å². The van der Waals surface area contributed by atoms with Gasteiger partial charge >= 0.3 is 5.97 Å². The van der Waals surface area contributed by atoms with Crippen molar-refractivity contribution < 1.29 is 14.7 Å². The fourth-order valence-corrected chi connectivity index (χ4v) is 2.60. The summed E-state index contributed by atoms with van der Waals surface area (Å²) < 4.78 is 0. The van der Waals surface area contributed by atoms with Gasteiger partial charge in [-0.15, -0.1) is 0 Å². The number of carbonyl (C=O) groups is 2. The third-order valence-corrected chi connectivity index (χ3v) is 3.69. The first-order valence-corrected chi connectivity index (χ1v) is 6.69. The van der Waals surface area contributed by atoms with Crippen LogP contribution in [0, 0.1) is 5.92 Å². The van der Waals surface area contributed by atoms with Gasteiger partial charge in [-0.1, -0.05) is 29.3 Å². The number of aliphatic carboxylic acids is 1. The van der Waals surface area contributed by atoms with Crippen LogP contribution in [0.15, 0.2) is 18.2 Å². The molecule has 1 aromatic rings. The number of carboxylic acid groups (broad SMARTS) is 1. The first-order valence-electron chi connectivity index (χ1n) is 5.93. The number of carbonyl (C=O) groups excluding carboxylic acids is 1. The molecule has 0 radical (unpaired) electrons. The summed E-state index contributed by atoms with van der Waals surface area (Å²) >= 11 is 11.9. The maximum atomic E-state index is 11.8. The van der Waals surface area contributed by atoms with Crippen LogP contribution in [0.4, 0.5) is 0 Å². The van der Waals surface area contributed by atoms with Gasteiger partial charge in [-0.05, 0) is 30.0 Å². The third kappa shape index (κ3) is 3.61. The van der Waals surface area contributed by atoms with Gasteiger partial charge in [0.15, 0.2) is 0 Å². The molecule has 1 saturated carbocycles. The molecule has 0 saturated heterocycles. The Kier molecular flexibility index (Phi) is 4.32. The highest BCUT2D eigenvalue weighted by Gasteiger charge is 2.44. The van der Waals surface area contributed by atoms with Crippen LogP contribution in [0.3, 0.4) is 0 Å². The molecule has 0 aliphatic heterocycles. The first-order chi connectivity index (χ1) is 8.99. The Morgan fingerprint density at radius 3 is 2.74 bits per heavy atom. The quantitative estimate of drug-likeness (QED) is 0.879. The summed E-state index contributed by atoms with van der Waals surface area (Å²) in [4.78, 5) is 22.1. The summed E-state index contributed by atoms with van der Waals surface area (Å²) in [6.07, 6.45) is 0.672. The van der Waals surface area contributed by atoms with Gasteiger partial charge in [0, 0.05) is 22.5 Å². The van der Waals surface area contributed by atoms with Gasteiger partial charge in [0.05, 0.1) is 6.42 Å². The monoisotopic (exact) mass is 301 g/mol. The average Bonchev–Trinajstić information content (AvgIpc) is 3.08. The Hall–Kier alpha value is -1.26. The number of hydrogen-bond acceptors (Lipinski definition) is 2. The Morgan fingerprint density at radius 1 is 1.37 bits per heavy atom. The molecule has 6 heteroatoms. The van der Waals surface area contributed by atoms with E-state index in [1.54, 1.807) is 12.1 Å². The average molecular weight is 302 g/mol. The summed E-state index contributed by atoms with van der Waals surface area (Å²) in [5.41, 5.74) is 0.921. The molecule has 0 unspecified atom stereocenters. The third-order valence-electron chi connectivity index (χ3n) is 3.13. The van der Waals surface area contributed by atoms with Crippen LogP contribution in [0.2, 0.25) is 10.0 Å². The largest absolute Gasteiger partial charge is 0.481 e. The van der Waals surface area contributed by atoms with E-state index in [1.807, 2.05) is 6.07 Å². The van der Waals surface area contributed by atoms with E-state index >= 15 is 0 Å². The second-order valence-electron chi connectivity index (χ2n) is 4.55. The van der Waals surface area contributed by atoms with Crippen LogP contribution >= 0.6 is 23.2 Å². The lowest BCUT2D eigenvalue weighted by molar-refractivity contribution is -0.136. The topological polar surface area (TPSA) is 66.4 Å². The molecule has 0 bridgehead atoms. The summed E-state index contributed by atoms with van der Waals surface area (Å²) in [5, 5.41) is 12.2. The van der Waals surface area contributed by atoms with E-state index in [0.717, 1.165) is 12.0 Å². The van der Waals surface area contributed by atoms with Crippen molar-refractivity contribution in [1.29, 1.82) is 0 Å². The van der Waals surface area contributed by atoms with Crippen LogP contribution in [0.1, 0.15) is 24.3 Å². The molecule has 0 heterocycles. The number of halogens is 2. The number of nitrogens with one attached hydrogen (secondary N) is 1. The molecule has 0 spiro atoms. The standard InChI is InChI=1S/C13H13Cl2NO3/c14-7-1-2-8(11(15)5-7)9-6-10(9)13(19)16-4-3-12(17)18/h1-2,5,9-10H,3-4,6H2,(H,16,19)(H,17,18)/t9-,10+/m1/s1. The second kappa shape index (κ2) is 5.80. The fourth-order valence-electron chi connectivity index (χ4n) is 2.05. The van der Waals surface area contributed by atoms with Gasteiger partial charge in [-0.25, -0.2) is 0 Å². The summed E-state index contributed by atoms with van der Waals surface area (Å²) in [6, 6.07) is 5.25. The number of amides is 1. The number of rotatable bonds is 5. The minimum atomic E-state index is -0.923. The van der Waals surface area contributed by atoms with Crippen molar-refractivity contribution >= 4 is 35.1 Å². The first kappa shape index (κ1) is 14.2. The molecular formula is C13H13Cl2NO3. The number of carboxylic acids is 1. The van der Waals surface area contributed by atoms with Crippen LogP contribution in [0.25, 0.3) is 0 Å². The summed E-state index contributed by atoms with van der Waals surface area (Å²) in [6.45, 7) is 0.158. The minimum absolute atomic E-state index is 0.0647. The summed E-state index contributed by atoms with van der Waals surface area (Å²) in [5.74, 6) is -1.05. The highest BCUT2D eigenvalue weighted by Crippen LogP contribution is 2.49. The Bertz CT molecular complexity index is 519. The van der Waals surface area contributed by atoms with Crippen molar-refractivity contribution in [1.82, 2.24) is 5.32 Å². The Balaban J connectivity index is 1.89. The van der Waals surface area contributed by atoms with E-state index in [9.17, 15) is 9.59 Å². The van der Waals surface area contributed by atoms with E-state index in [1.165, 1.54) is 0 Å². The van der Waals surface area contributed by atoms with E-state index < -0.39 is 5.97 Å². The zero-order chi connectivity index (χ0) is 14.0. The molecule has 4 nitrogen and oxygen atoms in total. The molecule has 1 aliphatic rings. The van der Waals surface area contributed by atoms with Crippen molar-refractivity contribution in [3.05, 3.63) is 33.8 Å². The highest BCUT2D eigenvalue weighted by atomic mass is 35.5. The zero-order valence-corrected chi connectivity index (χ0v) is 11.5. The van der Waals surface area contributed by atoms with Crippen LogP contribution < -0.4 is 5.32 Å². The highest BCUT2D eigenvalue weighted by molar-refractivity contribution is 6.35. The molecule has 2 N–H and O–H groups in total. The Morgan fingerprint density at radius 2 is 2.11 bits per heavy atom. The molecule has 1 aromatic carbocycles. The van der Waals surface area contributed by atoms with E-state index in [-0.39, 0.29) is 30.7 Å². The van der Waals surface area contributed by atoms with E-state index in [2.05, 4.69) is 5.32 Å². The fraction of sp³-hybridized carbons (Fsp3) is 0.385. The van der Waals surface area contributed by atoms with Crippen molar-refractivity contribution in [2.45, 2.75) is 18.8 Å². The molecule has 0 aromatic heterocycles. The van der Waals surface area contributed by atoms with Gasteiger partial charge in [0.2, 0.25) is 5.91 Å². The lowest BCUT2D eigenvalue weighted by Crippen LogP contribution is -2.27. The van der Waals surface area contributed by atoms with Crippen LogP contribution in [-0.2, 0) is 9.59 Å². The maximum Gasteiger partial charge on any atom is 0.305 e. The molecule has 2 atom stereocenters. The summed E-state index contributed by atoms with van der Waals surface area (Å²) in [7, 11) is 0. The molecule has 19 heavy (non-hydrogen) atoms. The van der Waals surface area contributed by atoms with Gasteiger partial charge in [-0.2, -0.15) is 0 Å². The smallest absolute Gasteiger partial charge is 0.305 e. The van der Waals surface area contributed by atoms with Gasteiger partial charge in [-0.3, -0.25) is 9.59 Å². The lowest BCUT2D eigenvalue weighted by atomic mass is 10.1. The van der Waals surface area contributed by atoms with Crippen molar-refractivity contribution in [2.24, 2.45) is 5.92 Å².